The molecule has 13 heavy (non-hydrogen) atoms. The second-order valence-corrected chi connectivity index (χ2v) is 4.77. The van der Waals surface area contributed by atoms with Crippen molar-refractivity contribution in [3.63, 3.8) is 0 Å². The lowest BCUT2D eigenvalue weighted by Crippen LogP contribution is -2.40. The predicted octanol–water partition coefficient (Wildman–Crippen LogP) is 2.07. The minimum absolute atomic E-state index is 0.354. The van der Waals surface area contributed by atoms with Crippen molar-refractivity contribution in [3.05, 3.63) is 0 Å². The van der Waals surface area contributed by atoms with E-state index < -0.39 is 0 Å². The van der Waals surface area contributed by atoms with Gasteiger partial charge in [0.15, 0.2) is 0 Å². The van der Waals surface area contributed by atoms with Gasteiger partial charge in [0, 0.05) is 6.54 Å². The van der Waals surface area contributed by atoms with Crippen LogP contribution in [0.1, 0.15) is 44.9 Å². The Balaban J connectivity index is 1.87. The summed E-state index contributed by atoms with van der Waals surface area (Å²) in [4.78, 5) is 0. The molecular formula is C11H21NO. The van der Waals surface area contributed by atoms with E-state index in [1.54, 1.807) is 0 Å². The van der Waals surface area contributed by atoms with Crippen LogP contribution in [0.4, 0.5) is 0 Å². The predicted molar refractivity (Wildman–Crippen MR) is 53.5 cm³/mol. The lowest BCUT2D eigenvalue weighted by molar-refractivity contribution is -0.0728. The molecule has 2 N–H and O–H groups in total. The average Bonchev–Trinajstić information content (AvgIpc) is 2.20. The molecule has 0 bridgehead atoms. The average molecular weight is 183 g/mol. The summed E-state index contributed by atoms with van der Waals surface area (Å²) in [5, 5.41) is 0. The van der Waals surface area contributed by atoms with Crippen molar-refractivity contribution in [2.75, 3.05) is 13.2 Å². The van der Waals surface area contributed by atoms with Gasteiger partial charge in [0.2, 0.25) is 0 Å². The van der Waals surface area contributed by atoms with Gasteiger partial charge in [0.25, 0.3) is 0 Å². The number of hydrogen-bond acceptors (Lipinski definition) is 2. The molecule has 1 atom stereocenters. The van der Waals surface area contributed by atoms with Gasteiger partial charge in [0.05, 0.1) is 12.7 Å². The van der Waals surface area contributed by atoms with Gasteiger partial charge in [-0.3, -0.25) is 0 Å². The monoisotopic (exact) mass is 183 g/mol. The van der Waals surface area contributed by atoms with Gasteiger partial charge in [0.1, 0.15) is 0 Å². The van der Waals surface area contributed by atoms with E-state index in [1.165, 1.54) is 44.9 Å². The minimum atomic E-state index is 0.354. The third kappa shape index (κ3) is 2.05. The highest BCUT2D eigenvalue weighted by Gasteiger charge is 2.36. The van der Waals surface area contributed by atoms with Crippen LogP contribution in [0.2, 0.25) is 0 Å². The summed E-state index contributed by atoms with van der Waals surface area (Å²) in [6.45, 7) is 1.69. The molecule has 1 spiro atoms. The van der Waals surface area contributed by atoms with E-state index in [0.29, 0.717) is 18.1 Å². The zero-order valence-electron chi connectivity index (χ0n) is 8.43. The Morgan fingerprint density at radius 1 is 1.15 bits per heavy atom. The van der Waals surface area contributed by atoms with Crippen molar-refractivity contribution in [2.24, 2.45) is 11.1 Å². The van der Waals surface area contributed by atoms with Crippen LogP contribution in [0.3, 0.4) is 0 Å². The molecule has 76 valence electrons. The number of hydrogen-bond donors (Lipinski definition) is 1. The van der Waals surface area contributed by atoms with E-state index in [2.05, 4.69) is 0 Å². The first-order chi connectivity index (χ1) is 6.35. The summed E-state index contributed by atoms with van der Waals surface area (Å²) in [6.07, 6.45) is 9.95. The van der Waals surface area contributed by atoms with Gasteiger partial charge in [-0.1, -0.05) is 19.3 Å². The zero-order chi connectivity index (χ0) is 9.15. The first kappa shape index (κ1) is 9.47. The molecule has 0 radical (unpaired) electrons. The standard InChI is InChI=1S/C11H21NO/c12-8-10-4-7-11(9-13-10)5-2-1-3-6-11/h10H,1-9,12H2. The second kappa shape index (κ2) is 3.97. The van der Waals surface area contributed by atoms with Gasteiger partial charge in [-0.15, -0.1) is 0 Å². The Morgan fingerprint density at radius 3 is 2.46 bits per heavy atom. The molecule has 1 saturated carbocycles. The zero-order valence-corrected chi connectivity index (χ0v) is 8.43. The molecule has 2 heteroatoms. The topological polar surface area (TPSA) is 35.2 Å². The lowest BCUT2D eigenvalue weighted by atomic mass is 9.70. The molecule has 2 nitrogen and oxygen atoms in total. The Bertz CT molecular complexity index is 153. The Labute approximate surface area is 80.8 Å². The van der Waals surface area contributed by atoms with Crippen molar-refractivity contribution in [3.8, 4) is 0 Å². The molecule has 2 aliphatic rings. The molecule has 0 aromatic carbocycles. The van der Waals surface area contributed by atoms with Crippen LogP contribution in [-0.4, -0.2) is 19.3 Å². The van der Waals surface area contributed by atoms with Crippen molar-refractivity contribution >= 4 is 0 Å². The summed E-state index contributed by atoms with van der Waals surface area (Å²) in [5.41, 5.74) is 6.16. The molecular weight excluding hydrogens is 162 g/mol. The highest BCUT2D eigenvalue weighted by atomic mass is 16.5. The van der Waals surface area contributed by atoms with Crippen LogP contribution >= 0.6 is 0 Å². The summed E-state index contributed by atoms with van der Waals surface area (Å²) < 4.78 is 5.80. The fraction of sp³-hybridized carbons (Fsp3) is 1.00. The molecule has 0 aromatic heterocycles. The minimum Gasteiger partial charge on any atom is -0.376 e. The molecule has 1 aliphatic carbocycles. The van der Waals surface area contributed by atoms with E-state index in [1.807, 2.05) is 0 Å². The van der Waals surface area contributed by atoms with E-state index in [9.17, 15) is 0 Å². The van der Waals surface area contributed by atoms with Crippen LogP contribution in [0.15, 0.2) is 0 Å². The Hall–Kier alpha value is -0.0800. The molecule has 2 fully saturated rings. The van der Waals surface area contributed by atoms with E-state index in [4.69, 9.17) is 10.5 Å². The van der Waals surface area contributed by atoms with Crippen LogP contribution in [0, 0.1) is 5.41 Å². The molecule has 0 amide bonds. The second-order valence-electron chi connectivity index (χ2n) is 4.77. The van der Waals surface area contributed by atoms with Gasteiger partial charge in [-0.05, 0) is 31.1 Å². The van der Waals surface area contributed by atoms with Gasteiger partial charge in [-0.2, -0.15) is 0 Å². The quantitative estimate of drug-likeness (QED) is 0.675. The van der Waals surface area contributed by atoms with Gasteiger partial charge >= 0.3 is 0 Å². The van der Waals surface area contributed by atoms with E-state index >= 15 is 0 Å². The molecule has 2 rings (SSSR count). The summed E-state index contributed by atoms with van der Waals surface area (Å²) in [6, 6.07) is 0. The molecule has 1 saturated heterocycles. The van der Waals surface area contributed by atoms with Crippen molar-refractivity contribution in [2.45, 2.75) is 51.0 Å². The first-order valence-corrected chi connectivity index (χ1v) is 5.66. The molecule has 0 aromatic rings. The maximum absolute atomic E-state index is 5.80. The number of ether oxygens (including phenoxy) is 1. The van der Waals surface area contributed by atoms with Crippen LogP contribution in [0.5, 0.6) is 0 Å². The van der Waals surface area contributed by atoms with Gasteiger partial charge in [-0.25, -0.2) is 0 Å². The number of rotatable bonds is 1. The largest absolute Gasteiger partial charge is 0.376 e. The summed E-state index contributed by atoms with van der Waals surface area (Å²) >= 11 is 0. The van der Waals surface area contributed by atoms with E-state index in [0.717, 1.165) is 6.61 Å². The SMILES string of the molecule is NCC1CCC2(CCCCC2)CO1. The third-order valence-electron chi connectivity index (χ3n) is 3.80. The van der Waals surface area contributed by atoms with Crippen LogP contribution in [0.25, 0.3) is 0 Å². The van der Waals surface area contributed by atoms with Gasteiger partial charge < -0.3 is 10.5 Å². The van der Waals surface area contributed by atoms with Crippen molar-refractivity contribution in [1.82, 2.24) is 0 Å². The molecule has 1 unspecified atom stereocenters. The molecule has 1 aliphatic heterocycles. The maximum Gasteiger partial charge on any atom is 0.0697 e. The van der Waals surface area contributed by atoms with Crippen molar-refractivity contribution in [1.29, 1.82) is 0 Å². The summed E-state index contributed by atoms with van der Waals surface area (Å²) in [5.74, 6) is 0. The molecule has 1 heterocycles. The first-order valence-electron chi connectivity index (χ1n) is 5.66. The fourth-order valence-electron chi connectivity index (χ4n) is 2.80. The normalized spacial score (nSPS) is 33.5. The highest BCUT2D eigenvalue weighted by Crippen LogP contribution is 2.43. The smallest absolute Gasteiger partial charge is 0.0697 e. The highest BCUT2D eigenvalue weighted by molar-refractivity contribution is 4.87. The fourth-order valence-corrected chi connectivity index (χ4v) is 2.80. The van der Waals surface area contributed by atoms with Crippen LogP contribution < -0.4 is 5.73 Å². The lowest BCUT2D eigenvalue weighted by Gasteiger charge is -2.42. The maximum atomic E-state index is 5.80. The Morgan fingerprint density at radius 2 is 1.92 bits per heavy atom. The third-order valence-corrected chi connectivity index (χ3v) is 3.80. The number of nitrogens with two attached hydrogens (primary N) is 1. The summed E-state index contributed by atoms with van der Waals surface area (Å²) in [7, 11) is 0. The van der Waals surface area contributed by atoms with E-state index in [-0.39, 0.29) is 0 Å². The van der Waals surface area contributed by atoms with Crippen molar-refractivity contribution < 1.29 is 4.74 Å². The Kier molecular flexibility index (Phi) is 2.89. The van der Waals surface area contributed by atoms with Crippen LogP contribution in [-0.2, 0) is 4.74 Å².